The van der Waals surface area contributed by atoms with Crippen LogP contribution in [0.3, 0.4) is 0 Å². The molecule has 178 valence electrons. The largest absolute Gasteiger partial charge is 0.393 e. The molecule has 2 saturated carbocycles. The summed E-state index contributed by atoms with van der Waals surface area (Å²) in [7, 11) is 0. The minimum atomic E-state index is -0.325. The van der Waals surface area contributed by atoms with Crippen molar-refractivity contribution in [1.82, 2.24) is 0 Å². The summed E-state index contributed by atoms with van der Waals surface area (Å²) in [6, 6.07) is 0. The number of aliphatic hydroxyl groups excluding tert-OH is 2. The van der Waals surface area contributed by atoms with Crippen LogP contribution in [0.15, 0.2) is 34.9 Å². The molecule has 32 heavy (non-hydrogen) atoms. The molecule has 7 atom stereocenters. The normalized spacial score (nSPS) is 40.4. The predicted octanol–water partition coefficient (Wildman–Crippen LogP) is 6.02. The summed E-state index contributed by atoms with van der Waals surface area (Å²) in [5.41, 5.74) is 4.30. The SMILES string of the molecule is CC(C)C(=CCO)CC[C@@H](C)[C@H]1CC[C@H]2C3=CC(=O)[C@H]4C[C@@H](O)CC[C@]4(C)C3=CC[C@]12C. The Balaban J connectivity index is 1.56. The van der Waals surface area contributed by atoms with E-state index >= 15 is 0 Å². The standard InChI is InChI=1S/C29H44O3/c1-18(2)20(12-15-30)7-6-19(3)23-8-9-24-22-17-27(32)26-16-21(31)10-13-29(26,5)25(22)11-14-28(23,24)4/h11-12,17-19,21,23-24,26,30-31H,6-10,13-16H2,1-5H3/t19-,21+,23-,24+,26-,28-,29-/m1/s1. The van der Waals surface area contributed by atoms with Crippen LogP contribution in [0.1, 0.15) is 86.0 Å². The molecule has 0 radical (unpaired) electrons. The second-order valence-electron chi connectivity index (χ2n) is 12.1. The lowest BCUT2D eigenvalue weighted by Gasteiger charge is -2.52. The Bertz CT molecular complexity index is 833. The summed E-state index contributed by atoms with van der Waals surface area (Å²) < 4.78 is 0. The third kappa shape index (κ3) is 3.88. The monoisotopic (exact) mass is 440 g/mol. The van der Waals surface area contributed by atoms with Crippen LogP contribution in [0.25, 0.3) is 0 Å². The molecule has 0 bridgehead atoms. The van der Waals surface area contributed by atoms with Crippen molar-refractivity contribution in [2.75, 3.05) is 6.61 Å². The molecule has 0 heterocycles. The van der Waals surface area contributed by atoms with Gasteiger partial charge in [-0.25, -0.2) is 0 Å². The molecule has 0 unspecified atom stereocenters. The number of aliphatic hydroxyl groups is 2. The third-order valence-corrected chi connectivity index (χ3v) is 10.0. The van der Waals surface area contributed by atoms with E-state index < -0.39 is 0 Å². The number of ketones is 1. The number of rotatable bonds is 6. The first-order valence-corrected chi connectivity index (χ1v) is 13.1. The molecule has 0 spiro atoms. The molecule has 4 aliphatic carbocycles. The van der Waals surface area contributed by atoms with Gasteiger partial charge in [0.25, 0.3) is 0 Å². The highest BCUT2D eigenvalue weighted by atomic mass is 16.3. The fraction of sp³-hybridized carbons (Fsp3) is 0.759. The lowest BCUT2D eigenvalue weighted by molar-refractivity contribution is -0.125. The Morgan fingerprint density at radius 2 is 1.94 bits per heavy atom. The summed E-state index contributed by atoms with van der Waals surface area (Å²) >= 11 is 0. The van der Waals surface area contributed by atoms with Crippen LogP contribution in [0.2, 0.25) is 0 Å². The van der Waals surface area contributed by atoms with E-state index in [1.165, 1.54) is 36.0 Å². The van der Waals surface area contributed by atoms with Gasteiger partial charge < -0.3 is 10.2 Å². The van der Waals surface area contributed by atoms with E-state index in [1.807, 2.05) is 12.2 Å². The summed E-state index contributed by atoms with van der Waals surface area (Å²) in [5, 5.41) is 19.6. The van der Waals surface area contributed by atoms with Gasteiger partial charge in [-0.3, -0.25) is 4.79 Å². The van der Waals surface area contributed by atoms with E-state index in [2.05, 4.69) is 40.7 Å². The maximum atomic E-state index is 13.2. The highest BCUT2D eigenvalue weighted by Gasteiger charge is 2.56. The molecule has 0 aromatic carbocycles. The summed E-state index contributed by atoms with van der Waals surface area (Å²) in [6.07, 6.45) is 14.3. The number of carbonyl (C=O) groups excluding carboxylic acids is 1. The molecule has 4 rings (SSSR count). The second-order valence-corrected chi connectivity index (χ2v) is 12.1. The van der Waals surface area contributed by atoms with Gasteiger partial charge in [-0.2, -0.15) is 0 Å². The van der Waals surface area contributed by atoms with Crippen molar-refractivity contribution < 1.29 is 15.0 Å². The molecular formula is C29H44O3. The summed E-state index contributed by atoms with van der Waals surface area (Å²) in [4.78, 5) is 13.2. The zero-order valence-electron chi connectivity index (χ0n) is 20.9. The van der Waals surface area contributed by atoms with E-state index in [0.29, 0.717) is 30.1 Å². The molecule has 4 aliphatic rings. The van der Waals surface area contributed by atoms with Crippen molar-refractivity contribution in [2.45, 2.75) is 92.1 Å². The highest BCUT2D eigenvalue weighted by molar-refractivity contribution is 5.96. The topological polar surface area (TPSA) is 57.5 Å². The van der Waals surface area contributed by atoms with Crippen molar-refractivity contribution in [2.24, 2.45) is 40.4 Å². The minimum absolute atomic E-state index is 0.0468. The van der Waals surface area contributed by atoms with Crippen LogP contribution >= 0.6 is 0 Å². The molecule has 2 fully saturated rings. The van der Waals surface area contributed by atoms with Gasteiger partial charge in [0.15, 0.2) is 5.78 Å². The number of hydrogen-bond donors (Lipinski definition) is 2. The zero-order valence-corrected chi connectivity index (χ0v) is 20.9. The van der Waals surface area contributed by atoms with Crippen molar-refractivity contribution in [1.29, 1.82) is 0 Å². The van der Waals surface area contributed by atoms with Gasteiger partial charge in [0, 0.05) is 11.3 Å². The minimum Gasteiger partial charge on any atom is -0.393 e. The molecule has 0 aromatic heterocycles. The van der Waals surface area contributed by atoms with Gasteiger partial charge in [-0.15, -0.1) is 0 Å². The van der Waals surface area contributed by atoms with Crippen molar-refractivity contribution >= 4 is 5.78 Å². The number of hydrogen-bond acceptors (Lipinski definition) is 3. The molecule has 2 N–H and O–H groups in total. The van der Waals surface area contributed by atoms with E-state index in [-0.39, 0.29) is 35.2 Å². The van der Waals surface area contributed by atoms with Crippen molar-refractivity contribution in [3.8, 4) is 0 Å². The smallest absolute Gasteiger partial charge is 0.160 e. The molecular weight excluding hydrogens is 396 g/mol. The molecule has 3 nitrogen and oxygen atoms in total. The Hall–Kier alpha value is -1.19. The van der Waals surface area contributed by atoms with Crippen LogP contribution in [-0.2, 0) is 4.79 Å². The first-order chi connectivity index (χ1) is 15.1. The first kappa shape index (κ1) is 24.0. The van der Waals surface area contributed by atoms with Crippen molar-refractivity contribution in [3.63, 3.8) is 0 Å². The lowest BCUT2D eigenvalue weighted by atomic mass is 9.51. The molecule has 3 heteroatoms. The van der Waals surface area contributed by atoms with E-state index in [0.717, 1.165) is 25.7 Å². The quantitative estimate of drug-likeness (QED) is 0.497. The van der Waals surface area contributed by atoms with Gasteiger partial charge in [-0.05, 0) is 97.7 Å². The third-order valence-electron chi connectivity index (χ3n) is 10.0. The fourth-order valence-corrected chi connectivity index (χ4v) is 8.01. The lowest BCUT2D eigenvalue weighted by Crippen LogP contribution is -2.48. The Morgan fingerprint density at radius 3 is 2.62 bits per heavy atom. The first-order valence-electron chi connectivity index (χ1n) is 13.1. The molecule has 0 amide bonds. The number of fused-ring (bicyclic) bond motifs is 5. The Kier molecular flexibility index (Phi) is 6.64. The average Bonchev–Trinajstić information content (AvgIpc) is 3.09. The molecule has 0 aromatic rings. The van der Waals surface area contributed by atoms with Gasteiger partial charge >= 0.3 is 0 Å². The van der Waals surface area contributed by atoms with Crippen molar-refractivity contribution in [3.05, 3.63) is 34.9 Å². The highest BCUT2D eigenvalue weighted by Crippen LogP contribution is 2.64. The van der Waals surface area contributed by atoms with Crippen LogP contribution in [0, 0.1) is 40.4 Å². The summed E-state index contributed by atoms with van der Waals surface area (Å²) in [5.74, 6) is 2.49. The predicted molar refractivity (Wildman–Crippen MR) is 130 cm³/mol. The maximum absolute atomic E-state index is 13.2. The van der Waals surface area contributed by atoms with E-state index in [9.17, 15) is 15.0 Å². The second kappa shape index (κ2) is 8.87. The maximum Gasteiger partial charge on any atom is 0.160 e. The van der Waals surface area contributed by atoms with Gasteiger partial charge in [0.05, 0.1) is 12.7 Å². The molecule has 0 saturated heterocycles. The van der Waals surface area contributed by atoms with Crippen LogP contribution in [0.4, 0.5) is 0 Å². The Labute approximate surface area is 195 Å². The van der Waals surface area contributed by atoms with E-state index in [4.69, 9.17) is 0 Å². The van der Waals surface area contributed by atoms with Crippen LogP contribution in [-0.4, -0.2) is 28.7 Å². The Morgan fingerprint density at radius 1 is 1.19 bits per heavy atom. The van der Waals surface area contributed by atoms with Gasteiger partial charge in [0.2, 0.25) is 0 Å². The molecule has 0 aliphatic heterocycles. The zero-order chi connectivity index (χ0) is 23.3. The van der Waals surface area contributed by atoms with Gasteiger partial charge in [-0.1, -0.05) is 52.3 Å². The summed E-state index contributed by atoms with van der Waals surface area (Å²) in [6.45, 7) is 11.8. The van der Waals surface area contributed by atoms with Crippen LogP contribution in [0.5, 0.6) is 0 Å². The fourth-order valence-electron chi connectivity index (χ4n) is 8.01. The van der Waals surface area contributed by atoms with E-state index in [1.54, 1.807) is 0 Å². The number of carbonyl (C=O) groups is 1. The number of allylic oxidation sites excluding steroid dienone is 5. The average molecular weight is 441 g/mol. The van der Waals surface area contributed by atoms with Crippen LogP contribution < -0.4 is 0 Å². The van der Waals surface area contributed by atoms with Gasteiger partial charge in [0.1, 0.15) is 0 Å².